The van der Waals surface area contributed by atoms with Crippen LogP contribution in [0.25, 0.3) is 0 Å². The normalized spacial score (nSPS) is 14.4. The third-order valence-electron chi connectivity index (χ3n) is 5.58. The van der Waals surface area contributed by atoms with Crippen molar-refractivity contribution in [1.29, 1.82) is 0 Å². The molecule has 0 saturated carbocycles. The van der Waals surface area contributed by atoms with E-state index in [9.17, 15) is 14.4 Å². The molecule has 7 nitrogen and oxygen atoms in total. The summed E-state index contributed by atoms with van der Waals surface area (Å²) < 4.78 is 5.61. The van der Waals surface area contributed by atoms with Crippen LogP contribution in [0.4, 0.5) is 0 Å². The second-order valence-corrected chi connectivity index (χ2v) is 8.98. The summed E-state index contributed by atoms with van der Waals surface area (Å²) in [5, 5.41) is 14.7. The quantitative estimate of drug-likeness (QED) is 0.253. The number of carbonyl (C=O) groups is 3. The summed E-state index contributed by atoms with van der Waals surface area (Å²) in [5.41, 5.74) is 1.04. The van der Waals surface area contributed by atoms with Crippen molar-refractivity contribution in [2.75, 3.05) is 13.2 Å². The topological polar surface area (TPSA) is 105 Å². The second-order valence-electron chi connectivity index (χ2n) is 8.98. The van der Waals surface area contributed by atoms with Gasteiger partial charge in [0.1, 0.15) is 6.61 Å². The van der Waals surface area contributed by atoms with Crippen molar-refractivity contribution >= 4 is 17.8 Å². The molecule has 3 N–H and O–H groups in total. The molecule has 0 aliphatic heterocycles. The number of amides is 2. The minimum atomic E-state index is -0.605. The summed E-state index contributed by atoms with van der Waals surface area (Å²) in [6.07, 6.45) is 4.66. The molecule has 188 valence electrons. The number of rotatable bonds is 16. The molecule has 0 fully saturated rings. The maximum atomic E-state index is 12.9. The number of ether oxygens (including phenoxy) is 1. The van der Waals surface area contributed by atoms with E-state index in [4.69, 9.17) is 9.84 Å². The van der Waals surface area contributed by atoms with Gasteiger partial charge in [-0.2, -0.15) is 0 Å². The van der Waals surface area contributed by atoms with Gasteiger partial charge in [0.05, 0.1) is 24.5 Å². The van der Waals surface area contributed by atoms with E-state index < -0.39 is 12.0 Å². The van der Waals surface area contributed by atoms with Gasteiger partial charge in [-0.05, 0) is 37.7 Å². The first-order chi connectivity index (χ1) is 16.2. The molecule has 1 aromatic rings. The van der Waals surface area contributed by atoms with Crippen LogP contribution in [0.2, 0.25) is 0 Å². The van der Waals surface area contributed by atoms with Crippen LogP contribution in [0.1, 0.15) is 45.6 Å². The summed E-state index contributed by atoms with van der Waals surface area (Å²) in [6, 6.07) is 8.94. The number of esters is 1. The first kappa shape index (κ1) is 29.1. The Bertz CT molecular complexity index is 793. The summed E-state index contributed by atoms with van der Waals surface area (Å²) in [7, 11) is 0. The van der Waals surface area contributed by atoms with Crippen LogP contribution in [0.5, 0.6) is 0 Å². The predicted octanol–water partition coefficient (Wildman–Crippen LogP) is 3.18. The zero-order chi connectivity index (χ0) is 25.5. The van der Waals surface area contributed by atoms with Gasteiger partial charge in [0, 0.05) is 12.5 Å². The summed E-state index contributed by atoms with van der Waals surface area (Å²) >= 11 is 0. The number of aliphatic hydroxyl groups is 1. The van der Waals surface area contributed by atoms with E-state index in [1.807, 2.05) is 44.2 Å². The first-order valence-corrected chi connectivity index (χ1v) is 11.8. The van der Waals surface area contributed by atoms with E-state index >= 15 is 0 Å². The smallest absolute Gasteiger partial charge is 0.309 e. The Balaban J connectivity index is 2.75. The number of hydrogen-bond acceptors (Lipinski definition) is 5. The van der Waals surface area contributed by atoms with Gasteiger partial charge in [0.25, 0.3) is 0 Å². The fourth-order valence-electron chi connectivity index (χ4n) is 3.44. The fourth-order valence-corrected chi connectivity index (χ4v) is 3.44. The molecule has 0 aliphatic carbocycles. The Morgan fingerprint density at radius 1 is 1.00 bits per heavy atom. The highest BCUT2D eigenvalue weighted by Crippen LogP contribution is 2.16. The molecule has 0 aromatic heterocycles. The molecule has 0 aliphatic rings. The van der Waals surface area contributed by atoms with Crippen LogP contribution < -0.4 is 10.6 Å². The molecule has 0 saturated heterocycles. The summed E-state index contributed by atoms with van der Waals surface area (Å²) in [4.78, 5) is 37.9. The van der Waals surface area contributed by atoms with Gasteiger partial charge >= 0.3 is 5.97 Å². The molecule has 1 aromatic carbocycles. The lowest BCUT2D eigenvalue weighted by Gasteiger charge is -2.26. The van der Waals surface area contributed by atoms with Crippen LogP contribution >= 0.6 is 0 Å². The predicted molar refractivity (Wildman–Crippen MR) is 134 cm³/mol. The molecule has 2 amide bonds. The lowest BCUT2D eigenvalue weighted by atomic mass is 9.96. The maximum absolute atomic E-state index is 12.9. The molecule has 1 rings (SSSR count). The number of carbonyl (C=O) groups excluding carboxylic acids is 3. The lowest BCUT2D eigenvalue weighted by molar-refractivity contribution is -0.150. The highest BCUT2D eigenvalue weighted by Gasteiger charge is 2.27. The van der Waals surface area contributed by atoms with E-state index in [1.54, 1.807) is 19.1 Å². The molecule has 0 radical (unpaired) electrons. The molecule has 34 heavy (non-hydrogen) atoms. The third-order valence-corrected chi connectivity index (χ3v) is 5.58. The van der Waals surface area contributed by atoms with E-state index in [1.165, 1.54) is 0 Å². The SMILES string of the molecule is C=CC[C@@H](CC(=O)N[C@@H](C)CO)C(=O)N[C@H](COC(=O)[C@@H](CC=C)Cc1ccccc1)C(C)C. The van der Waals surface area contributed by atoms with Crippen molar-refractivity contribution in [3.8, 4) is 0 Å². The lowest BCUT2D eigenvalue weighted by Crippen LogP contribution is -2.46. The summed E-state index contributed by atoms with van der Waals surface area (Å²) in [6.45, 7) is 12.8. The van der Waals surface area contributed by atoms with Crippen molar-refractivity contribution in [3.05, 3.63) is 61.2 Å². The molecule has 4 atom stereocenters. The van der Waals surface area contributed by atoms with Gasteiger partial charge in [-0.1, -0.05) is 56.3 Å². The van der Waals surface area contributed by atoms with Gasteiger partial charge in [0.2, 0.25) is 11.8 Å². The second kappa shape index (κ2) is 15.8. The zero-order valence-corrected chi connectivity index (χ0v) is 20.7. The number of aliphatic hydroxyl groups excluding tert-OH is 1. The summed E-state index contributed by atoms with van der Waals surface area (Å²) in [5.74, 6) is -1.89. The Kier molecular flexibility index (Phi) is 13.5. The van der Waals surface area contributed by atoms with Crippen molar-refractivity contribution in [2.45, 2.75) is 58.5 Å². The number of nitrogens with one attached hydrogen (secondary N) is 2. The fraction of sp³-hybridized carbons (Fsp3) is 0.519. The highest BCUT2D eigenvalue weighted by atomic mass is 16.5. The van der Waals surface area contributed by atoms with E-state index in [0.29, 0.717) is 19.3 Å². The maximum Gasteiger partial charge on any atom is 0.309 e. The van der Waals surface area contributed by atoms with E-state index in [0.717, 1.165) is 5.56 Å². The molecule has 0 unspecified atom stereocenters. The zero-order valence-electron chi connectivity index (χ0n) is 20.7. The molecular formula is C27H40N2O5. The number of allylic oxidation sites excluding steroid dienone is 2. The molecule has 0 spiro atoms. The van der Waals surface area contributed by atoms with Gasteiger partial charge in [0.15, 0.2) is 0 Å². The monoisotopic (exact) mass is 472 g/mol. The van der Waals surface area contributed by atoms with Crippen molar-refractivity contribution < 1.29 is 24.2 Å². The van der Waals surface area contributed by atoms with Crippen LogP contribution in [-0.4, -0.2) is 48.2 Å². The average molecular weight is 473 g/mol. The Morgan fingerprint density at radius 2 is 1.62 bits per heavy atom. The largest absolute Gasteiger partial charge is 0.463 e. The molecule has 7 heteroatoms. The number of benzene rings is 1. The van der Waals surface area contributed by atoms with Crippen LogP contribution in [-0.2, 0) is 25.5 Å². The minimum Gasteiger partial charge on any atom is -0.463 e. The van der Waals surface area contributed by atoms with Gasteiger partial charge in [-0.25, -0.2) is 0 Å². The molecule has 0 heterocycles. The van der Waals surface area contributed by atoms with Gasteiger partial charge in [-0.15, -0.1) is 13.2 Å². The van der Waals surface area contributed by atoms with E-state index in [2.05, 4.69) is 23.8 Å². The van der Waals surface area contributed by atoms with Crippen LogP contribution in [0.3, 0.4) is 0 Å². The first-order valence-electron chi connectivity index (χ1n) is 11.8. The van der Waals surface area contributed by atoms with Crippen LogP contribution in [0.15, 0.2) is 55.6 Å². The highest BCUT2D eigenvalue weighted by molar-refractivity contribution is 5.86. The Morgan fingerprint density at radius 3 is 2.18 bits per heavy atom. The number of hydrogen-bond donors (Lipinski definition) is 3. The third kappa shape index (κ3) is 10.8. The van der Waals surface area contributed by atoms with E-state index in [-0.39, 0.29) is 55.3 Å². The van der Waals surface area contributed by atoms with Gasteiger partial charge in [-0.3, -0.25) is 14.4 Å². The molecular weight excluding hydrogens is 432 g/mol. The minimum absolute atomic E-state index is 0.0105. The van der Waals surface area contributed by atoms with Crippen LogP contribution in [0, 0.1) is 17.8 Å². The Hall–Kier alpha value is -2.93. The standard InChI is InChI=1S/C27H40N2O5/c1-6-11-22(16-25(31)28-20(5)17-30)26(32)29-24(19(3)4)18-34-27(33)23(12-7-2)15-21-13-9-8-10-14-21/h6-10,13-14,19-20,22-24,30H,1-2,11-12,15-18H2,3-5H3,(H,28,31)(H,29,32)/t20-,22-,23-,24+/m0/s1. The molecule has 0 bridgehead atoms. The van der Waals surface area contributed by atoms with Crippen molar-refractivity contribution in [3.63, 3.8) is 0 Å². The van der Waals surface area contributed by atoms with Crippen molar-refractivity contribution in [1.82, 2.24) is 10.6 Å². The average Bonchev–Trinajstić information content (AvgIpc) is 2.81. The Labute approximate surface area is 203 Å². The van der Waals surface area contributed by atoms with Gasteiger partial charge < -0.3 is 20.5 Å². The van der Waals surface area contributed by atoms with Crippen molar-refractivity contribution in [2.24, 2.45) is 17.8 Å².